The summed E-state index contributed by atoms with van der Waals surface area (Å²) in [7, 11) is 1.63. The SMILES string of the molecule is CC[C@H](CO)NC(=O)CCc1ccc(OC)cc1. The van der Waals surface area contributed by atoms with Crippen LogP contribution in [0.2, 0.25) is 0 Å². The van der Waals surface area contributed by atoms with Crippen LogP contribution in [0.4, 0.5) is 0 Å². The fourth-order valence-electron chi connectivity index (χ4n) is 1.63. The van der Waals surface area contributed by atoms with Crippen LogP contribution in [-0.2, 0) is 11.2 Å². The lowest BCUT2D eigenvalue weighted by molar-refractivity contribution is -0.122. The molecule has 0 aliphatic heterocycles. The fourth-order valence-corrected chi connectivity index (χ4v) is 1.63. The van der Waals surface area contributed by atoms with Gasteiger partial charge < -0.3 is 15.2 Å². The monoisotopic (exact) mass is 251 g/mol. The van der Waals surface area contributed by atoms with Crippen LogP contribution in [0.25, 0.3) is 0 Å². The minimum absolute atomic E-state index is 0.00915. The summed E-state index contributed by atoms with van der Waals surface area (Å²) in [6.07, 6.45) is 1.87. The molecule has 0 aromatic heterocycles. The molecule has 18 heavy (non-hydrogen) atoms. The largest absolute Gasteiger partial charge is 0.497 e. The Morgan fingerprint density at radius 2 is 2.06 bits per heavy atom. The number of nitrogens with one attached hydrogen (secondary N) is 1. The third-order valence-electron chi connectivity index (χ3n) is 2.88. The van der Waals surface area contributed by atoms with Crippen molar-refractivity contribution in [2.45, 2.75) is 32.2 Å². The van der Waals surface area contributed by atoms with Crippen LogP contribution in [0.5, 0.6) is 5.75 Å². The summed E-state index contributed by atoms with van der Waals surface area (Å²) in [5.74, 6) is 0.793. The van der Waals surface area contributed by atoms with Crippen molar-refractivity contribution in [3.8, 4) is 5.75 Å². The van der Waals surface area contributed by atoms with Gasteiger partial charge in [-0.25, -0.2) is 0 Å². The number of carbonyl (C=O) groups is 1. The van der Waals surface area contributed by atoms with Crippen LogP contribution in [0, 0.1) is 0 Å². The molecule has 0 aliphatic rings. The predicted octanol–water partition coefficient (Wildman–Crippen LogP) is 1.51. The van der Waals surface area contributed by atoms with Gasteiger partial charge in [-0.15, -0.1) is 0 Å². The summed E-state index contributed by atoms with van der Waals surface area (Å²) in [5.41, 5.74) is 1.10. The number of aliphatic hydroxyl groups is 1. The molecular weight excluding hydrogens is 230 g/mol. The molecule has 100 valence electrons. The molecule has 0 fully saturated rings. The van der Waals surface area contributed by atoms with Crippen LogP contribution in [0.15, 0.2) is 24.3 Å². The van der Waals surface area contributed by atoms with Crippen molar-refractivity contribution in [2.75, 3.05) is 13.7 Å². The Balaban J connectivity index is 2.37. The summed E-state index contributed by atoms with van der Waals surface area (Å²) in [6, 6.07) is 7.55. The average molecular weight is 251 g/mol. The number of amides is 1. The molecule has 0 saturated carbocycles. The van der Waals surface area contributed by atoms with E-state index < -0.39 is 0 Å². The molecular formula is C14H21NO3. The normalized spacial score (nSPS) is 11.9. The second-order valence-electron chi connectivity index (χ2n) is 4.20. The summed E-state index contributed by atoms with van der Waals surface area (Å²) < 4.78 is 5.07. The maximum Gasteiger partial charge on any atom is 0.220 e. The van der Waals surface area contributed by atoms with Gasteiger partial charge in [0, 0.05) is 6.42 Å². The van der Waals surface area contributed by atoms with Gasteiger partial charge in [0.1, 0.15) is 5.75 Å². The molecule has 0 bridgehead atoms. The lowest BCUT2D eigenvalue weighted by Crippen LogP contribution is -2.36. The fraction of sp³-hybridized carbons (Fsp3) is 0.500. The lowest BCUT2D eigenvalue weighted by atomic mass is 10.1. The molecule has 0 radical (unpaired) electrons. The zero-order valence-electron chi connectivity index (χ0n) is 11.0. The first-order chi connectivity index (χ1) is 8.69. The molecule has 0 aliphatic carbocycles. The molecule has 1 rings (SSSR count). The van der Waals surface area contributed by atoms with E-state index in [9.17, 15) is 4.79 Å². The summed E-state index contributed by atoms with van der Waals surface area (Å²) >= 11 is 0. The number of aliphatic hydroxyl groups excluding tert-OH is 1. The molecule has 1 aromatic carbocycles. The number of hydrogen-bond acceptors (Lipinski definition) is 3. The molecule has 2 N–H and O–H groups in total. The number of rotatable bonds is 7. The van der Waals surface area contributed by atoms with E-state index >= 15 is 0 Å². The van der Waals surface area contributed by atoms with Crippen LogP contribution in [0.1, 0.15) is 25.3 Å². The molecule has 1 atom stereocenters. The van der Waals surface area contributed by atoms with Gasteiger partial charge in [0.2, 0.25) is 5.91 Å². The summed E-state index contributed by atoms with van der Waals surface area (Å²) in [6.45, 7) is 1.93. The molecule has 4 heteroatoms. The molecule has 1 aromatic rings. The second kappa shape index (κ2) is 7.71. The van der Waals surface area contributed by atoms with Gasteiger partial charge in [-0.05, 0) is 30.5 Å². The van der Waals surface area contributed by atoms with Gasteiger partial charge in [-0.2, -0.15) is 0 Å². The topological polar surface area (TPSA) is 58.6 Å². The van der Waals surface area contributed by atoms with Crippen LogP contribution < -0.4 is 10.1 Å². The zero-order valence-corrected chi connectivity index (χ0v) is 11.0. The molecule has 0 spiro atoms. The molecule has 0 unspecified atom stereocenters. The highest BCUT2D eigenvalue weighted by molar-refractivity contribution is 5.76. The van der Waals surface area contributed by atoms with Crippen molar-refractivity contribution in [3.63, 3.8) is 0 Å². The standard InChI is InChI=1S/C14H21NO3/c1-3-12(10-16)15-14(17)9-6-11-4-7-13(18-2)8-5-11/h4-5,7-8,12,16H,3,6,9-10H2,1-2H3,(H,15,17)/t12-/m1/s1. The third kappa shape index (κ3) is 4.75. The predicted molar refractivity (Wildman–Crippen MR) is 70.6 cm³/mol. The highest BCUT2D eigenvalue weighted by Gasteiger charge is 2.08. The van der Waals surface area contributed by atoms with Crippen molar-refractivity contribution in [1.82, 2.24) is 5.32 Å². The van der Waals surface area contributed by atoms with E-state index in [1.54, 1.807) is 7.11 Å². The lowest BCUT2D eigenvalue weighted by Gasteiger charge is -2.13. The summed E-state index contributed by atoms with van der Waals surface area (Å²) in [4.78, 5) is 11.6. The Morgan fingerprint density at radius 1 is 1.39 bits per heavy atom. The number of methoxy groups -OCH3 is 1. The molecule has 1 amide bonds. The highest BCUT2D eigenvalue weighted by Crippen LogP contribution is 2.12. The summed E-state index contributed by atoms with van der Waals surface area (Å²) in [5, 5.41) is 11.8. The first kappa shape index (κ1) is 14.5. The van der Waals surface area contributed by atoms with Crippen molar-refractivity contribution >= 4 is 5.91 Å². The van der Waals surface area contributed by atoms with Gasteiger partial charge >= 0.3 is 0 Å². The second-order valence-corrected chi connectivity index (χ2v) is 4.20. The van der Waals surface area contributed by atoms with Crippen molar-refractivity contribution < 1.29 is 14.6 Å². The maximum absolute atomic E-state index is 11.6. The van der Waals surface area contributed by atoms with Crippen LogP contribution in [0.3, 0.4) is 0 Å². The van der Waals surface area contributed by atoms with Gasteiger partial charge in [0.05, 0.1) is 19.8 Å². The minimum Gasteiger partial charge on any atom is -0.497 e. The average Bonchev–Trinajstić information content (AvgIpc) is 2.43. The zero-order chi connectivity index (χ0) is 13.4. The van der Waals surface area contributed by atoms with Gasteiger partial charge in [0.15, 0.2) is 0 Å². The Morgan fingerprint density at radius 3 is 2.56 bits per heavy atom. The van der Waals surface area contributed by atoms with Crippen molar-refractivity contribution in [2.24, 2.45) is 0 Å². The Labute approximate surface area is 108 Å². The number of ether oxygens (including phenoxy) is 1. The first-order valence-corrected chi connectivity index (χ1v) is 6.22. The van der Waals surface area contributed by atoms with E-state index in [0.717, 1.165) is 17.7 Å². The third-order valence-corrected chi connectivity index (χ3v) is 2.88. The van der Waals surface area contributed by atoms with Crippen molar-refractivity contribution in [3.05, 3.63) is 29.8 Å². The van der Waals surface area contributed by atoms with Gasteiger partial charge in [0.25, 0.3) is 0 Å². The van der Waals surface area contributed by atoms with E-state index in [1.807, 2.05) is 31.2 Å². The van der Waals surface area contributed by atoms with Crippen molar-refractivity contribution in [1.29, 1.82) is 0 Å². The molecule has 0 saturated heterocycles. The van der Waals surface area contributed by atoms with E-state index in [1.165, 1.54) is 0 Å². The Kier molecular flexibility index (Phi) is 6.22. The number of benzene rings is 1. The van der Waals surface area contributed by atoms with Gasteiger partial charge in [-0.3, -0.25) is 4.79 Å². The van der Waals surface area contributed by atoms with Crippen LogP contribution >= 0.6 is 0 Å². The minimum atomic E-state index is -0.131. The number of carbonyl (C=O) groups excluding carboxylic acids is 1. The molecule has 0 heterocycles. The number of hydrogen-bond donors (Lipinski definition) is 2. The number of aryl methyl sites for hydroxylation is 1. The van der Waals surface area contributed by atoms with Gasteiger partial charge in [-0.1, -0.05) is 19.1 Å². The van der Waals surface area contributed by atoms with E-state index in [-0.39, 0.29) is 18.6 Å². The van der Waals surface area contributed by atoms with E-state index in [2.05, 4.69) is 5.32 Å². The van der Waals surface area contributed by atoms with E-state index in [0.29, 0.717) is 12.8 Å². The highest BCUT2D eigenvalue weighted by atomic mass is 16.5. The van der Waals surface area contributed by atoms with Crippen LogP contribution in [-0.4, -0.2) is 30.8 Å². The first-order valence-electron chi connectivity index (χ1n) is 6.22. The Bertz CT molecular complexity index is 358. The smallest absolute Gasteiger partial charge is 0.220 e. The Hall–Kier alpha value is -1.55. The quantitative estimate of drug-likeness (QED) is 0.772. The van der Waals surface area contributed by atoms with E-state index in [4.69, 9.17) is 9.84 Å². The molecule has 4 nitrogen and oxygen atoms in total. The maximum atomic E-state index is 11.6.